The van der Waals surface area contributed by atoms with Gasteiger partial charge in [-0.25, -0.2) is 0 Å². The van der Waals surface area contributed by atoms with Gasteiger partial charge in [-0.15, -0.1) is 0 Å². The Morgan fingerprint density at radius 2 is 1.90 bits per heavy atom. The summed E-state index contributed by atoms with van der Waals surface area (Å²) in [6.45, 7) is 3.94. The van der Waals surface area contributed by atoms with Crippen LogP contribution in [0.4, 0.5) is 5.69 Å². The molecule has 0 aliphatic rings. The van der Waals surface area contributed by atoms with Crippen LogP contribution in [-0.4, -0.2) is 15.5 Å². The summed E-state index contributed by atoms with van der Waals surface area (Å²) in [6.07, 6.45) is 3.32. The number of carbonyl (C=O) groups is 1. The molecule has 0 atom stereocenters. The Hall–Kier alpha value is -3.88. The van der Waals surface area contributed by atoms with E-state index in [0.717, 1.165) is 33.5 Å². The van der Waals surface area contributed by atoms with Crippen molar-refractivity contribution in [1.29, 1.82) is 5.26 Å². The maximum absolute atomic E-state index is 12.9. The molecule has 2 aromatic carbocycles. The van der Waals surface area contributed by atoms with Gasteiger partial charge >= 0.3 is 0 Å². The zero-order valence-corrected chi connectivity index (χ0v) is 17.8. The zero-order valence-electron chi connectivity index (χ0n) is 17.1. The molecule has 0 saturated carbocycles. The molecule has 0 saturated heterocycles. The number of nitrogens with one attached hydrogen (secondary N) is 1. The van der Waals surface area contributed by atoms with Gasteiger partial charge < -0.3 is 9.88 Å². The number of nitriles is 1. The molecule has 0 aliphatic carbocycles. The van der Waals surface area contributed by atoms with Gasteiger partial charge in [-0.1, -0.05) is 17.7 Å². The van der Waals surface area contributed by atoms with Crippen molar-refractivity contribution in [2.45, 2.75) is 13.8 Å². The number of hydrogen-bond acceptors (Lipinski definition) is 3. The lowest BCUT2D eigenvalue weighted by atomic mass is 10.1. The fourth-order valence-corrected chi connectivity index (χ4v) is 3.75. The van der Waals surface area contributed by atoms with E-state index in [1.165, 1.54) is 0 Å². The fraction of sp³-hybridized carbons (Fsp3) is 0.0800. The van der Waals surface area contributed by atoms with E-state index < -0.39 is 5.91 Å². The molecule has 0 radical (unpaired) electrons. The minimum Gasteiger partial charge on any atom is -0.321 e. The molecule has 31 heavy (non-hydrogen) atoms. The predicted molar refractivity (Wildman–Crippen MR) is 124 cm³/mol. The van der Waals surface area contributed by atoms with Gasteiger partial charge in [0.15, 0.2) is 0 Å². The highest BCUT2D eigenvalue weighted by Gasteiger charge is 2.15. The minimum atomic E-state index is -0.463. The monoisotopic (exact) mass is 426 g/mol. The predicted octanol–water partition coefficient (Wildman–Crippen LogP) is 5.84. The average molecular weight is 427 g/mol. The Labute approximate surface area is 185 Å². The van der Waals surface area contributed by atoms with Crippen LogP contribution in [0, 0.1) is 25.2 Å². The number of rotatable bonds is 4. The van der Waals surface area contributed by atoms with Crippen LogP contribution in [0.15, 0.2) is 72.4 Å². The summed E-state index contributed by atoms with van der Waals surface area (Å²) >= 11 is 6.01. The molecular formula is C25H19ClN4O. The molecule has 4 aromatic rings. The van der Waals surface area contributed by atoms with Crippen LogP contribution in [0.3, 0.4) is 0 Å². The van der Waals surface area contributed by atoms with Crippen molar-refractivity contribution < 1.29 is 4.79 Å². The van der Waals surface area contributed by atoms with Crippen molar-refractivity contribution in [3.8, 4) is 11.8 Å². The first kappa shape index (κ1) is 20.4. The van der Waals surface area contributed by atoms with Crippen LogP contribution in [-0.2, 0) is 4.79 Å². The normalized spacial score (nSPS) is 11.4. The third-order valence-electron chi connectivity index (χ3n) is 5.11. The molecule has 0 bridgehead atoms. The third-order valence-corrected chi connectivity index (χ3v) is 5.37. The molecule has 152 valence electrons. The molecular weight excluding hydrogens is 408 g/mol. The average Bonchev–Trinajstić information content (AvgIpc) is 3.05. The number of aromatic nitrogens is 2. The van der Waals surface area contributed by atoms with E-state index in [0.29, 0.717) is 10.7 Å². The maximum atomic E-state index is 12.9. The Kier molecular flexibility index (Phi) is 5.57. The van der Waals surface area contributed by atoms with Crippen LogP contribution in [0.5, 0.6) is 0 Å². The largest absolute Gasteiger partial charge is 0.321 e. The first-order chi connectivity index (χ1) is 15.0. The van der Waals surface area contributed by atoms with Gasteiger partial charge in [0.25, 0.3) is 5.91 Å². The van der Waals surface area contributed by atoms with Crippen molar-refractivity contribution >= 4 is 40.2 Å². The van der Waals surface area contributed by atoms with Gasteiger partial charge in [-0.05, 0) is 80.1 Å². The van der Waals surface area contributed by atoms with E-state index in [4.69, 9.17) is 11.6 Å². The topological polar surface area (TPSA) is 70.7 Å². The van der Waals surface area contributed by atoms with E-state index in [9.17, 15) is 10.1 Å². The summed E-state index contributed by atoms with van der Waals surface area (Å²) in [6, 6.07) is 20.7. The SMILES string of the molecule is Cc1cc(C=C(C#N)C(=O)Nc2cccc3ncccc23)c(C)n1-c1ccc(Cl)cc1. The van der Waals surface area contributed by atoms with Crippen LogP contribution >= 0.6 is 11.6 Å². The Morgan fingerprint density at radius 3 is 2.65 bits per heavy atom. The van der Waals surface area contributed by atoms with E-state index in [2.05, 4.69) is 14.9 Å². The molecule has 1 N–H and O–H groups in total. The Balaban J connectivity index is 1.67. The number of nitrogens with zero attached hydrogens (tertiary/aromatic N) is 3. The quantitative estimate of drug-likeness (QED) is 0.329. The fourth-order valence-electron chi connectivity index (χ4n) is 3.63. The smallest absolute Gasteiger partial charge is 0.266 e. The van der Waals surface area contributed by atoms with Gasteiger partial charge in [-0.3, -0.25) is 9.78 Å². The van der Waals surface area contributed by atoms with Gasteiger partial charge in [0, 0.05) is 33.7 Å². The van der Waals surface area contributed by atoms with Crippen molar-refractivity contribution in [2.24, 2.45) is 0 Å². The highest BCUT2D eigenvalue weighted by atomic mass is 35.5. The molecule has 0 aliphatic heterocycles. The van der Waals surface area contributed by atoms with Gasteiger partial charge in [0.2, 0.25) is 0 Å². The molecule has 5 nitrogen and oxygen atoms in total. The molecule has 6 heteroatoms. The first-order valence-electron chi connectivity index (χ1n) is 9.69. The van der Waals surface area contributed by atoms with E-state index in [1.54, 1.807) is 18.3 Å². The lowest BCUT2D eigenvalue weighted by Gasteiger charge is -2.10. The minimum absolute atomic E-state index is 0.0252. The molecule has 0 unspecified atom stereocenters. The number of pyridine rings is 1. The second kappa shape index (κ2) is 8.47. The highest BCUT2D eigenvalue weighted by molar-refractivity contribution is 6.30. The second-order valence-corrected chi connectivity index (χ2v) is 7.57. The van der Waals surface area contributed by atoms with Crippen LogP contribution in [0.1, 0.15) is 17.0 Å². The van der Waals surface area contributed by atoms with E-state index in [1.807, 2.05) is 74.5 Å². The summed E-state index contributed by atoms with van der Waals surface area (Å²) < 4.78 is 2.06. The van der Waals surface area contributed by atoms with Gasteiger partial charge in [0.05, 0.1) is 11.2 Å². The molecule has 4 rings (SSSR count). The van der Waals surface area contributed by atoms with E-state index in [-0.39, 0.29) is 5.57 Å². The molecule has 0 spiro atoms. The van der Waals surface area contributed by atoms with Crippen LogP contribution in [0.25, 0.3) is 22.7 Å². The zero-order chi connectivity index (χ0) is 22.0. The standard InChI is InChI=1S/C25H19ClN4O/c1-16-13-18(17(2)30(16)21-10-8-20(26)9-11-21)14-19(15-27)25(31)29-24-7-3-6-23-22(24)5-4-12-28-23/h3-14H,1-2H3,(H,29,31). The number of fused-ring (bicyclic) bond motifs is 1. The second-order valence-electron chi connectivity index (χ2n) is 7.14. The number of carbonyl (C=O) groups excluding carboxylic acids is 1. The van der Waals surface area contributed by atoms with Crippen molar-refractivity contribution in [1.82, 2.24) is 9.55 Å². The van der Waals surface area contributed by atoms with Crippen molar-refractivity contribution in [3.63, 3.8) is 0 Å². The Bertz CT molecular complexity index is 1360. The summed E-state index contributed by atoms with van der Waals surface area (Å²) in [7, 11) is 0. The number of amides is 1. The lowest BCUT2D eigenvalue weighted by molar-refractivity contribution is -0.112. The molecule has 1 amide bonds. The van der Waals surface area contributed by atoms with Crippen LogP contribution in [0.2, 0.25) is 5.02 Å². The van der Waals surface area contributed by atoms with Crippen molar-refractivity contribution in [2.75, 3.05) is 5.32 Å². The van der Waals surface area contributed by atoms with Crippen LogP contribution < -0.4 is 5.32 Å². The summed E-state index contributed by atoms with van der Waals surface area (Å²) in [4.78, 5) is 17.2. The molecule has 0 fully saturated rings. The molecule has 2 aromatic heterocycles. The van der Waals surface area contributed by atoms with Gasteiger partial charge in [0.1, 0.15) is 11.6 Å². The third kappa shape index (κ3) is 4.07. The molecule has 2 heterocycles. The Morgan fingerprint density at radius 1 is 1.13 bits per heavy atom. The summed E-state index contributed by atoms with van der Waals surface area (Å²) in [5.74, 6) is -0.463. The lowest BCUT2D eigenvalue weighted by Crippen LogP contribution is -2.13. The van der Waals surface area contributed by atoms with Crippen molar-refractivity contribution in [3.05, 3.63) is 94.4 Å². The van der Waals surface area contributed by atoms with Gasteiger partial charge in [-0.2, -0.15) is 5.26 Å². The number of benzene rings is 2. The summed E-state index contributed by atoms with van der Waals surface area (Å²) in [5.41, 5.74) is 5.09. The van der Waals surface area contributed by atoms with E-state index >= 15 is 0 Å². The number of anilines is 1. The highest BCUT2D eigenvalue weighted by Crippen LogP contribution is 2.25. The summed E-state index contributed by atoms with van der Waals surface area (Å²) in [5, 5.41) is 14.0. The number of halogens is 1. The first-order valence-corrected chi connectivity index (χ1v) is 10.1. The number of aryl methyl sites for hydroxylation is 1. The maximum Gasteiger partial charge on any atom is 0.266 e. The number of hydrogen-bond donors (Lipinski definition) is 1.